The van der Waals surface area contributed by atoms with Crippen molar-refractivity contribution in [3.05, 3.63) is 52.4 Å². The molecule has 0 saturated heterocycles. The summed E-state index contributed by atoms with van der Waals surface area (Å²) in [6.45, 7) is 1.68. The number of ether oxygens (including phenoxy) is 1. The van der Waals surface area contributed by atoms with E-state index < -0.39 is 5.97 Å². The molecule has 1 aromatic carbocycles. The Hall–Kier alpha value is -2.89. The van der Waals surface area contributed by atoms with E-state index >= 15 is 0 Å². The summed E-state index contributed by atoms with van der Waals surface area (Å²) < 4.78 is 18.0. The van der Waals surface area contributed by atoms with Gasteiger partial charge < -0.3 is 10.1 Å². The standard InChI is InChI=1S/C20H15FN4O3S3/c1-10-16(19(27)28-2)31-20(24-10)25-14(26)8-30-18-15-13(7-29-17(15)22-9-23-18)11-3-5-12(21)6-4-11/h3-7,9H,8H2,1-2H3,(H,24,25,26). The molecule has 0 radical (unpaired) electrons. The summed E-state index contributed by atoms with van der Waals surface area (Å²) in [4.78, 5) is 38.1. The first-order valence-corrected chi connectivity index (χ1v) is 11.6. The lowest BCUT2D eigenvalue weighted by Gasteiger charge is -2.05. The quantitative estimate of drug-likeness (QED) is 0.244. The molecule has 0 fully saturated rings. The molecule has 0 aliphatic heterocycles. The number of benzene rings is 1. The number of carbonyl (C=O) groups is 2. The van der Waals surface area contributed by atoms with Crippen LogP contribution in [0.5, 0.6) is 0 Å². The lowest BCUT2D eigenvalue weighted by atomic mass is 10.1. The number of aromatic nitrogens is 3. The highest BCUT2D eigenvalue weighted by molar-refractivity contribution is 8.00. The molecule has 7 nitrogen and oxygen atoms in total. The van der Waals surface area contributed by atoms with E-state index in [1.54, 1.807) is 19.1 Å². The number of amides is 1. The van der Waals surface area contributed by atoms with Crippen LogP contribution >= 0.6 is 34.4 Å². The average Bonchev–Trinajstić information content (AvgIpc) is 3.36. The minimum Gasteiger partial charge on any atom is -0.465 e. The number of esters is 1. The van der Waals surface area contributed by atoms with Crippen LogP contribution in [0.15, 0.2) is 41.0 Å². The zero-order valence-corrected chi connectivity index (χ0v) is 18.8. The van der Waals surface area contributed by atoms with Crippen LogP contribution in [-0.4, -0.2) is 39.7 Å². The summed E-state index contributed by atoms with van der Waals surface area (Å²) in [6, 6.07) is 6.21. The third-order valence-electron chi connectivity index (χ3n) is 4.24. The largest absolute Gasteiger partial charge is 0.465 e. The van der Waals surface area contributed by atoms with Crippen LogP contribution in [0.3, 0.4) is 0 Å². The van der Waals surface area contributed by atoms with Gasteiger partial charge in [0.1, 0.15) is 26.9 Å². The fraction of sp³-hybridized carbons (Fsp3) is 0.150. The van der Waals surface area contributed by atoms with Gasteiger partial charge in [0.2, 0.25) is 5.91 Å². The number of rotatable bonds is 6. The molecule has 3 aromatic heterocycles. The van der Waals surface area contributed by atoms with Crippen molar-refractivity contribution in [2.45, 2.75) is 11.9 Å². The molecular formula is C20H15FN4O3S3. The zero-order chi connectivity index (χ0) is 22.0. The fourth-order valence-corrected chi connectivity index (χ4v) is 5.51. The Morgan fingerprint density at radius 3 is 2.74 bits per heavy atom. The summed E-state index contributed by atoms with van der Waals surface area (Å²) in [7, 11) is 1.30. The summed E-state index contributed by atoms with van der Waals surface area (Å²) in [5.41, 5.74) is 2.24. The summed E-state index contributed by atoms with van der Waals surface area (Å²) >= 11 is 3.80. The van der Waals surface area contributed by atoms with Crippen molar-refractivity contribution in [1.82, 2.24) is 15.0 Å². The Kier molecular flexibility index (Phi) is 6.25. The van der Waals surface area contributed by atoms with Gasteiger partial charge in [-0.3, -0.25) is 4.79 Å². The van der Waals surface area contributed by atoms with Gasteiger partial charge in [-0.2, -0.15) is 0 Å². The molecule has 3 heterocycles. The Labute approximate surface area is 188 Å². The molecule has 0 atom stereocenters. The van der Waals surface area contributed by atoms with Crippen molar-refractivity contribution in [3.63, 3.8) is 0 Å². The third kappa shape index (κ3) is 4.58. The van der Waals surface area contributed by atoms with Crippen LogP contribution in [-0.2, 0) is 9.53 Å². The van der Waals surface area contributed by atoms with Gasteiger partial charge in [-0.25, -0.2) is 24.1 Å². The predicted octanol–water partition coefficient (Wildman–Crippen LogP) is 4.78. The van der Waals surface area contributed by atoms with E-state index in [9.17, 15) is 14.0 Å². The van der Waals surface area contributed by atoms with Gasteiger partial charge in [-0.15, -0.1) is 11.3 Å². The second kappa shape index (κ2) is 9.08. The van der Waals surface area contributed by atoms with Crippen LogP contribution in [0.25, 0.3) is 21.3 Å². The number of anilines is 1. The number of aryl methyl sites for hydroxylation is 1. The molecule has 0 saturated carbocycles. The van der Waals surface area contributed by atoms with Gasteiger partial charge in [0, 0.05) is 10.9 Å². The maximum Gasteiger partial charge on any atom is 0.350 e. The van der Waals surface area contributed by atoms with Crippen molar-refractivity contribution >= 4 is 61.7 Å². The first-order chi connectivity index (χ1) is 15.0. The maximum atomic E-state index is 13.3. The van der Waals surface area contributed by atoms with Gasteiger partial charge in [-0.1, -0.05) is 35.2 Å². The van der Waals surface area contributed by atoms with Gasteiger partial charge >= 0.3 is 5.97 Å². The predicted molar refractivity (Wildman–Crippen MR) is 120 cm³/mol. The monoisotopic (exact) mass is 474 g/mol. The third-order valence-corrected chi connectivity index (χ3v) is 7.17. The van der Waals surface area contributed by atoms with E-state index in [1.165, 1.54) is 48.7 Å². The van der Waals surface area contributed by atoms with E-state index in [1.807, 2.05) is 5.38 Å². The molecule has 0 bridgehead atoms. The number of carbonyl (C=O) groups excluding carboxylic acids is 2. The molecule has 11 heteroatoms. The maximum absolute atomic E-state index is 13.3. The topological polar surface area (TPSA) is 94.1 Å². The van der Waals surface area contributed by atoms with Crippen LogP contribution in [0, 0.1) is 12.7 Å². The summed E-state index contributed by atoms with van der Waals surface area (Å²) in [5.74, 6) is -0.977. The highest BCUT2D eigenvalue weighted by Crippen LogP contribution is 2.38. The molecule has 31 heavy (non-hydrogen) atoms. The first kappa shape index (κ1) is 21.3. The molecular weight excluding hydrogens is 459 g/mol. The Balaban J connectivity index is 1.51. The molecule has 4 rings (SSSR count). The lowest BCUT2D eigenvalue weighted by Crippen LogP contribution is -2.14. The Morgan fingerprint density at radius 1 is 1.23 bits per heavy atom. The van der Waals surface area contributed by atoms with Gasteiger partial charge in [0.15, 0.2) is 5.13 Å². The molecule has 4 aromatic rings. The number of thiazole rings is 1. The average molecular weight is 475 g/mol. The Morgan fingerprint density at radius 2 is 2.00 bits per heavy atom. The van der Waals surface area contributed by atoms with Gasteiger partial charge in [0.05, 0.1) is 23.9 Å². The molecule has 0 aliphatic rings. The zero-order valence-electron chi connectivity index (χ0n) is 16.3. The van der Waals surface area contributed by atoms with Crippen molar-refractivity contribution in [3.8, 4) is 11.1 Å². The highest BCUT2D eigenvalue weighted by atomic mass is 32.2. The Bertz CT molecular complexity index is 1270. The summed E-state index contributed by atoms with van der Waals surface area (Å²) in [6.07, 6.45) is 1.46. The van der Waals surface area contributed by atoms with Crippen LogP contribution < -0.4 is 5.32 Å². The van der Waals surface area contributed by atoms with E-state index in [-0.39, 0.29) is 17.5 Å². The summed E-state index contributed by atoms with van der Waals surface area (Å²) in [5, 5.41) is 6.47. The fourth-order valence-electron chi connectivity index (χ4n) is 2.82. The van der Waals surface area contributed by atoms with E-state index in [4.69, 9.17) is 4.74 Å². The molecule has 1 N–H and O–H groups in total. The van der Waals surface area contributed by atoms with E-state index in [0.29, 0.717) is 20.7 Å². The molecule has 0 unspecified atom stereocenters. The number of hydrogen-bond donors (Lipinski definition) is 1. The van der Waals surface area contributed by atoms with Gasteiger partial charge in [0.25, 0.3) is 0 Å². The smallest absolute Gasteiger partial charge is 0.350 e. The second-order valence-corrected chi connectivity index (χ2v) is 9.10. The number of hydrogen-bond acceptors (Lipinski definition) is 9. The van der Waals surface area contributed by atoms with Crippen molar-refractivity contribution in [2.24, 2.45) is 0 Å². The minimum absolute atomic E-state index is 0.0942. The molecule has 0 spiro atoms. The number of nitrogens with zero attached hydrogens (tertiary/aromatic N) is 3. The lowest BCUT2D eigenvalue weighted by molar-refractivity contribution is -0.113. The van der Waals surface area contributed by atoms with Crippen LogP contribution in [0.4, 0.5) is 9.52 Å². The van der Waals surface area contributed by atoms with Crippen LogP contribution in [0.1, 0.15) is 15.4 Å². The normalized spacial score (nSPS) is 10.9. The van der Waals surface area contributed by atoms with Crippen LogP contribution in [0.2, 0.25) is 0 Å². The van der Waals surface area contributed by atoms with Crippen molar-refractivity contribution in [1.29, 1.82) is 0 Å². The minimum atomic E-state index is -0.487. The highest BCUT2D eigenvalue weighted by Gasteiger charge is 2.18. The number of nitrogens with one attached hydrogen (secondary N) is 1. The SMILES string of the molecule is COC(=O)c1sc(NC(=O)CSc2ncnc3scc(-c4ccc(F)cc4)c23)nc1C. The molecule has 0 aliphatic carbocycles. The number of fused-ring (bicyclic) bond motifs is 1. The van der Waals surface area contributed by atoms with E-state index in [2.05, 4.69) is 20.3 Å². The number of thioether (sulfide) groups is 1. The van der Waals surface area contributed by atoms with E-state index in [0.717, 1.165) is 32.7 Å². The molecule has 158 valence electrons. The first-order valence-electron chi connectivity index (χ1n) is 8.92. The second-order valence-electron chi connectivity index (χ2n) is 6.28. The van der Waals surface area contributed by atoms with Crippen molar-refractivity contribution in [2.75, 3.05) is 18.2 Å². The number of methoxy groups -OCH3 is 1. The molecule has 1 amide bonds. The van der Waals surface area contributed by atoms with Gasteiger partial charge in [-0.05, 0) is 24.6 Å². The number of halogens is 1. The number of thiophene rings is 1. The van der Waals surface area contributed by atoms with Crippen molar-refractivity contribution < 1.29 is 18.7 Å².